The predicted octanol–water partition coefficient (Wildman–Crippen LogP) is 3.69. The summed E-state index contributed by atoms with van der Waals surface area (Å²) in [6.07, 6.45) is 0.990. The Bertz CT molecular complexity index is 540. The third-order valence-electron chi connectivity index (χ3n) is 3.09. The second-order valence-electron chi connectivity index (χ2n) is 4.95. The highest BCUT2D eigenvalue weighted by molar-refractivity contribution is 5.60. The molecule has 0 spiro atoms. The average molecular weight is 270 g/mol. The molecule has 2 aromatic rings. The molecule has 3 heteroatoms. The normalized spacial score (nSPS) is 10.3. The molecule has 2 rings (SSSR count). The first-order chi connectivity index (χ1) is 9.69. The summed E-state index contributed by atoms with van der Waals surface area (Å²) in [5, 5.41) is 0. The van der Waals surface area contributed by atoms with Crippen molar-refractivity contribution in [1.29, 1.82) is 0 Å². The van der Waals surface area contributed by atoms with E-state index in [2.05, 4.69) is 43.1 Å². The van der Waals surface area contributed by atoms with Gasteiger partial charge >= 0.3 is 0 Å². The van der Waals surface area contributed by atoms with E-state index in [4.69, 9.17) is 10.5 Å². The van der Waals surface area contributed by atoms with Gasteiger partial charge < -0.3 is 15.4 Å². The first-order valence-electron chi connectivity index (χ1n) is 6.97. The molecule has 0 radical (unpaired) electrons. The number of anilines is 2. The Balaban J connectivity index is 2.12. The second-order valence-corrected chi connectivity index (χ2v) is 4.95. The van der Waals surface area contributed by atoms with Gasteiger partial charge in [-0.3, -0.25) is 0 Å². The highest BCUT2D eigenvalue weighted by Crippen LogP contribution is 2.26. The van der Waals surface area contributed by atoms with Crippen LogP contribution >= 0.6 is 0 Å². The SMILES string of the molecule is CCCOc1cc(N)cc(N(C)Cc2ccccc2)c1. The smallest absolute Gasteiger partial charge is 0.123 e. The molecule has 2 aromatic carbocycles. The molecule has 0 saturated heterocycles. The fourth-order valence-corrected chi connectivity index (χ4v) is 2.08. The maximum Gasteiger partial charge on any atom is 0.123 e. The molecule has 0 aliphatic heterocycles. The lowest BCUT2D eigenvalue weighted by atomic mass is 10.2. The number of hydrogen-bond donors (Lipinski definition) is 1. The predicted molar refractivity (Wildman–Crippen MR) is 85.2 cm³/mol. The monoisotopic (exact) mass is 270 g/mol. The number of rotatable bonds is 6. The molecule has 0 aromatic heterocycles. The van der Waals surface area contributed by atoms with Crippen LogP contribution in [0.25, 0.3) is 0 Å². The van der Waals surface area contributed by atoms with Crippen LogP contribution in [0, 0.1) is 0 Å². The van der Waals surface area contributed by atoms with Gasteiger partial charge in [-0.1, -0.05) is 37.3 Å². The van der Waals surface area contributed by atoms with Crippen LogP contribution in [0.3, 0.4) is 0 Å². The molecule has 0 atom stereocenters. The zero-order valence-corrected chi connectivity index (χ0v) is 12.2. The summed E-state index contributed by atoms with van der Waals surface area (Å²) in [6, 6.07) is 16.3. The quantitative estimate of drug-likeness (QED) is 0.813. The lowest BCUT2D eigenvalue weighted by molar-refractivity contribution is 0.317. The molecule has 0 unspecified atom stereocenters. The van der Waals surface area contributed by atoms with Gasteiger partial charge in [0.1, 0.15) is 5.75 Å². The highest BCUT2D eigenvalue weighted by Gasteiger charge is 2.05. The zero-order valence-electron chi connectivity index (χ0n) is 12.2. The Kier molecular flexibility index (Phi) is 4.88. The van der Waals surface area contributed by atoms with Gasteiger partial charge in [-0.2, -0.15) is 0 Å². The van der Waals surface area contributed by atoms with E-state index in [1.54, 1.807) is 0 Å². The van der Waals surface area contributed by atoms with Crippen molar-refractivity contribution in [2.75, 3.05) is 24.3 Å². The Labute approximate surface area is 121 Å². The molecule has 0 aliphatic carbocycles. The summed E-state index contributed by atoms with van der Waals surface area (Å²) >= 11 is 0. The Morgan fingerprint density at radius 1 is 1.10 bits per heavy atom. The van der Waals surface area contributed by atoms with Crippen molar-refractivity contribution in [3.8, 4) is 5.75 Å². The Morgan fingerprint density at radius 3 is 2.55 bits per heavy atom. The number of ether oxygens (including phenoxy) is 1. The average Bonchev–Trinajstić information content (AvgIpc) is 2.45. The second kappa shape index (κ2) is 6.85. The third-order valence-corrected chi connectivity index (χ3v) is 3.09. The van der Waals surface area contributed by atoms with Crippen LogP contribution in [0.1, 0.15) is 18.9 Å². The van der Waals surface area contributed by atoms with Crippen molar-refractivity contribution in [2.24, 2.45) is 0 Å². The van der Waals surface area contributed by atoms with Gasteiger partial charge in [-0.25, -0.2) is 0 Å². The van der Waals surface area contributed by atoms with Crippen molar-refractivity contribution in [2.45, 2.75) is 19.9 Å². The lowest BCUT2D eigenvalue weighted by Crippen LogP contribution is -2.16. The van der Waals surface area contributed by atoms with E-state index in [-0.39, 0.29) is 0 Å². The standard InChI is InChI=1S/C17H22N2O/c1-3-9-20-17-11-15(18)10-16(12-17)19(2)13-14-7-5-4-6-8-14/h4-8,10-12H,3,9,13,18H2,1-2H3. The van der Waals surface area contributed by atoms with E-state index in [0.717, 1.165) is 30.1 Å². The van der Waals surface area contributed by atoms with E-state index < -0.39 is 0 Å². The number of nitrogens with two attached hydrogens (primary N) is 1. The van der Waals surface area contributed by atoms with Crippen LogP contribution < -0.4 is 15.4 Å². The van der Waals surface area contributed by atoms with Gasteiger partial charge in [0.15, 0.2) is 0 Å². The number of benzene rings is 2. The van der Waals surface area contributed by atoms with E-state index in [9.17, 15) is 0 Å². The molecular weight excluding hydrogens is 248 g/mol. The lowest BCUT2D eigenvalue weighted by Gasteiger charge is -2.21. The van der Waals surface area contributed by atoms with Gasteiger partial charge in [0, 0.05) is 37.1 Å². The van der Waals surface area contributed by atoms with Gasteiger partial charge in [0.05, 0.1) is 6.61 Å². The molecule has 106 valence electrons. The van der Waals surface area contributed by atoms with E-state index in [1.165, 1.54) is 5.56 Å². The zero-order chi connectivity index (χ0) is 14.4. The molecule has 3 nitrogen and oxygen atoms in total. The number of hydrogen-bond acceptors (Lipinski definition) is 3. The Morgan fingerprint density at radius 2 is 1.85 bits per heavy atom. The third kappa shape index (κ3) is 3.92. The molecular formula is C17H22N2O. The minimum atomic E-state index is 0.714. The minimum Gasteiger partial charge on any atom is -0.493 e. The van der Waals surface area contributed by atoms with E-state index in [1.807, 2.05) is 24.3 Å². The van der Waals surface area contributed by atoms with Crippen LogP contribution in [-0.4, -0.2) is 13.7 Å². The van der Waals surface area contributed by atoms with Crippen molar-refractivity contribution < 1.29 is 4.74 Å². The molecule has 0 bridgehead atoms. The minimum absolute atomic E-state index is 0.714. The molecule has 0 fully saturated rings. The van der Waals surface area contributed by atoms with Crippen molar-refractivity contribution in [1.82, 2.24) is 0 Å². The molecule has 20 heavy (non-hydrogen) atoms. The van der Waals surface area contributed by atoms with Crippen LogP contribution in [0.2, 0.25) is 0 Å². The number of nitrogens with zero attached hydrogens (tertiary/aromatic N) is 1. The fraction of sp³-hybridized carbons (Fsp3) is 0.294. The molecule has 0 aliphatic rings. The van der Waals surface area contributed by atoms with Crippen LogP contribution in [0.15, 0.2) is 48.5 Å². The maximum atomic E-state index is 5.96. The summed E-state index contributed by atoms with van der Waals surface area (Å²) in [5.41, 5.74) is 9.03. The topological polar surface area (TPSA) is 38.5 Å². The summed E-state index contributed by atoms with van der Waals surface area (Å²) in [4.78, 5) is 2.17. The summed E-state index contributed by atoms with van der Waals surface area (Å²) in [7, 11) is 2.06. The van der Waals surface area contributed by atoms with Crippen molar-refractivity contribution in [3.63, 3.8) is 0 Å². The van der Waals surface area contributed by atoms with Gasteiger partial charge in [0.25, 0.3) is 0 Å². The summed E-state index contributed by atoms with van der Waals surface area (Å²) in [6.45, 7) is 3.65. The number of nitrogen functional groups attached to an aromatic ring is 1. The molecule has 2 N–H and O–H groups in total. The fourth-order valence-electron chi connectivity index (χ4n) is 2.08. The van der Waals surface area contributed by atoms with Crippen LogP contribution in [-0.2, 0) is 6.54 Å². The largest absolute Gasteiger partial charge is 0.493 e. The van der Waals surface area contributed by atoms with Gasteiger partial charge in [-0.15, -0.1) is 0 Å². The summed E-state index contributed by atoms with van der Waals surface area (Å²) in [5.74, 6) is 0.835. The maximum absolute atomic E-state index is 5.96. The summed E-state index contributed by atoms with van der Waals surface area (Å²) < 4.78 is 5.67. The van der Waals surface area contributed by atoms with Crippen molar-refractivity contribution in [3.05, 3.63) is 54.1 Å². The highest BCUT2D eigenvalue weighted by atomic mass is 16.5. The first-order valence-corrected chi connectivity index (χ1v) is 6.97. The van der Waals surface area contributed by atoms with Crippen molar-refractivity contribution >= 4 is 11.4 Å². The van der Waals surface area contributed by atoms with Crippen LogP contribution in [0.5, 0.6) is 5.75 Å². The molecule has 0 amide bonds. The van der Waals surface area contributed by atoms with Gasteiger partial charge in [-0.05, 0) is 18.1 Å². The van der Waals surface area contributed by atoms with E-state index in [0.29, 0.717) is 6.61 Å². The Hall–Kier alpha value is -2.16. The van der Waals surface area contributed by atoms with Gasteiger partial charge in [0.2, 0.25) is 0 Å². The molecule has 0 heterocycles. The van der Waals surface area contributed by atoms with E-state index >= 15 is 0 Å². The molecule has 0 saturated carbocycles. The first kappa shape index (κ1) is 14.3. The van der Waals surface area contributed by atoms with Crippen LogP contribution in [0.4, 0.5) is 11.4 Å².